The minimum Gasteiger partial charge on any atom is -0.497 e. The zero-order valence-electron chi connectivity index (χ0n) is 18.4. The van der Waals surface area contributed by atoms with Gasteiger partial charge in [-0.25, -0.2) is 4.98 Å². The van der Waals surface area contributed by atoms with E-state index in [1.54, 1.807) is 7.11 Å². The van der Waals surface area contributed by atoms with Crippen LogP contribution in [0.15, 0.2) is 97.6 Å². The van der Waals surface area contributed by atoms with Crippen LogP contribution in [-0.2, 0) is 0 Å². The van der Waals surface area contributed by atoms with Gasteiger partial charge in [0.05, 0.1) is 40.8 Å². The largest absolute Gasteiger partial charge is 0.497 e. The Morgan fingerprint density at radius 3 is 2.47 bits per heavy atom. The predicted octanol–water partition coefficient (Wildman–Crippen LogP) is 6.07. The second-order valence-electron chi connectivity index (χ2n) is 8.19. The fourth-order valence-corrected chi connectivity index (χ4v) is 4.97. The molecule has 7 rings (SSSR count). The van der Waals surface area contributed by atoms with Crippen molar-refractivity contribution >= 4 is 43.9 Å². The number of nitrogens with zero attached hydrogens (tertiary/aromatic N) is 5. The minimum atomic E-state index is 0.803. The molecule has 0 radical (unpaired) electrons. The lowest BCUT2D eigenvalue weighted by Gasteiger charge is -2.10. The summed E-state index contributed by atoms with van der Waals surface area (Å²) in [6.45, 7) is 0. The van der Waals surface area contributed by atoms with Gasteiger partial charge in [-0.05, 0) is 42.5 Å². The van der Waals surface area contributed by atoms with Crippen molar-refractivity contribution in [3.8, 4) is 17.1 Å². The summed E-state index contributed by atoms with van der Waals surface area (Å²) in [5.41, 5.74) is 6.96. The van der Waals surface area contributed by atoms with Crippen LogP contribution in [0.2, 0.25) is 0 Å². The maximum atomic E-state index is 5.54. The summed E-state index contributed by atoms with van der Waals surface area (Å²) in [6.07, 6.45) is 7.52. The van der Waals surface area contributed by atoms with Crippen LogP contribution in [0.25, 0.3) is 55.2 Å². The Bertz CT molecular complexity index is 1850. The SMILES string of the molecule is COc1cccc(-n2c3cccnc3c3cnc4c(c5ccncc5n4-c4ccccc4)c32)c1. The van der Waals surface area contributed by atoms with E-state index in [1.165, 1.54) is 0 Å². The molecule has 0 fully saturated rings. The van der Waals surface area contributed by atoms with Crippen molar-refractivity contribution in [2.24, 2.45) is 0 Å². The molecule has 6 nitrogen and oxygen atoms in total. The molecule has 34 heavy (non-hydrogen) atoms. The van der Waals surface area contributed by atoms with Crippen LogP contribution in [0.1, 0.15) is 0 Å². The van der Waals surface area contributed by atoms with Crippen molar-refractivity contribution < 1.29 is 4.74 Å². The summed E-state index contributed by atoms with van der Waals surface area (Å²) in [5, 5.41) is 3.17. The fourth-order valence-electron chi connectivity index (χ4n) is 4.97. The summed E-state index contributed by atoms with van der Waals surface area (Å²) in [7, 11) is 1.69. The van der Waals surface area contributed by atoms with Gasteiger partial charge in [-0.15, -0.1) is 0 Å². The van der Waals surface area contributed by atoms with Gasteiger partial charge in [0.15, 0.2) is 0 Å². The monoisotopic (exact) mass is 441 g/mol. The van der Waals surface area contributed by atoms with E-state index in [2.05, 4.69) is 50.5 Å². The van der Waals surface area contributed by atoms with Crippen LogP contribution in [0, 0.1) is 0 Å². The molecule has 5 heterocycles. The molecule has 0 saturated heterocycles. The molecule has 0 saturated carbocycles. The second-order valence-corrected chi connectivity index (χ2v) is 8.19. The van der Waals surface area contributed by atoms with Gasteiger partial charge < -0.3 is 9.30 Å². The number of para-hydroxylation sites is 1. The van der Waals surface area contributed by atoms with Gasteiger partial charge in [0, 0.05) is 46.8 Å². The highest BCUT2D eigenvalue weighted by atomic mass is 16.5. The van der Waals surface area contributed by atoms with E-state index in [-0.39, 0.29) is 0 Å². The lowest BCUT2D eigenvalue weighted by molar-refractivity contribution is 0.414. The molecule has 0 aliphatic heterocycles. The molecule has 0 bridgehead atoms. The van der Waals surface area contributed by atoms with Crippen molar-refractivity contribution in [1.82, 2.24) is 24.1 Å². The Balaban J connectivity index is 1.74. The molecule has 0 aliphatic rings. The molecule has 2 aromatic carbocycles. The van der Waals surface area contributed by atoms with E-state index >= 15 is 0 Å². The van der Waals surface area contributed by atoms with Crippen LogP contribution in [0.4, 0.5) is 0 Å². The van der Waals surface area contributed by atoms with Gasteiger partial charge >= 0.3 is 0 Å². The average molecular weight is 441 g/mol. The molecular formula is C28H19N5O. The number of pyridine rings is 3. The van der Waals surface area contributed by atoms with Crippen molar-refractivity contribution in [2.45, 2.75) is 0 Å². The first-order valence-corrected chi connectivity index (χ1v) is 11.1. The smallest absolute Gasteiger partial charge is 0.147 e. The van der Waals surface area contributed by atoms with Crippen LogP contribution < -0.4 is 4.74 Å². The van der Waals surface area contributed by atoms with E-state index in [0.29, 0.717) is 0 Å². The Labute approximate surface area is 194 Å². The van der Waals surface area contributed by atoms with E-state index in [0.717, 1.165) is 61.0 Å². The maximum absolute atomic E-state index is 5.54. The highest BCUT2D eigenvalue weighted by molar-refractivity contribution is 6.24. The normalized spacial score (nSPS) is 11.7. The highest BCUT2D eigenvalue weighted by Crippen LogP contribution is 2.40. The summed E-state index contributed by atoms with van der Waals surface area (Å²) in [5.74, 6) is 0.803. The second kappa shape index (κ2) is 7.15. The molecule has 0 unspecified atom stereocenters. The molecule has 0 N–H and O–H groups in total. The third-order valence-electron chi connectivity index (χ3n) is 6.39. The topological polar surface area (TPSA) is 57.8 Å². The molecule has 0 spiro atoms. The molecule has 0 atom stereocenters. The summed E-state index contributed by atoms with van der Waals surface area (Å²) in [4.78, 5) is 14.1. The standard InChI is InChI=1S/C28H19N5O/c1-34-20-10-5-9-19(15-20)32-23-11-6-13-30-26(23)22-16-31-28-25(27(22)32)21-12-14-29-17-24(21)33(28)18-7-3-2-4-8-18/h2-17H,1H3. The quantitative estimate of drug-likeness (QED) is 0.334. The van der Waals surface area contributed by atoms with E-state index < -0.39 is 0 Å². The molecular weight excluding hydrogens is 422 g/mol. The van der Waals surface area contributed by atoms with Gasteiger partial charge in [-0.1, -0.05) is 24.3 Å². The van der Waals surface area contributed by atoms with Crippen LogP contribution >= 0.6 is 0 Å². The Morgan fingerprint density at radius 2 is 1.59 bits per heavy atom. The number of rotatable bonds is 3. The van der Waals surface area contributed by atoms with Gasteiger partial charge in [0.25, 0.3) is 0 Å². The molecule has 5 aromatic heterocycles. The first kappa shape index (κ1) is 18.8. The summed E-state index contributed by atoms with van der Waals surface area (Å²) >= 11 is 0. The highest BCUT2D eigenvalue weighted by Gasteiger charge is 2.22. The zero-order valence-corrected chi connectivity index (χ0v) is 18.4. The fraction of sp³-hybridized carbons (Fsp3) is 0.0357. The number of methoxy groups -OCH3 is 1. The summed E-state index contributed by atoms with van der Waals surface area (Å²) in [6, 6.07) is 24.6. The Morgan fingerprint density at radius 1 is 0.706 bits per heavy atom. The number of ether oxygens (including phenoxy) is 1. The Kier molecular flexibility index (Phi) is 3.96. The van der Waals surface area contributed by atoms with Crippen molar-refractivity contribution in [2.75, 3.05) is 7.11 Å². The molecule has 162 valence electrons. The van der Waals surface area contributed by atoms with E-state index in [9.17, 15) is 0 Å². The van der Waals surface area contributed by atoms with Crippen molar-refractivity contribution in [1.29, 1.82) is 0 Å². The number of hydrogen-bond acceptors (Lipinski definition) is 4. The first-order valence-electron chi connectivity index (χ1n) is 11.1. The molecule has 0 amide bonds. The molecule has 6 heteroatoms. The van der Waals surface area contributed by atoms with Gasteiger partial charge in [-0.3, -0.25) is 14.5 Å². The number of fused-ring (bicyclic) bond motifs is 7. The van der Waals surface area contributed by atoms with Gasteiger partial charge in [0.2, 0.25) is 0 Å². The van der Waals surface area contributed by atoms with E-state index in [4.69, 9.17) is 14.7 Å². The molecule has 7 aromatic rings. The van der Waals surface area contributed by atoms with Gasteiger partial charge in [0.1, 0.15) is 11.4 Å². The lowest BCUT2D eigenvalue weighted by Crippen LogP contribution is -1.97. The zero-order chi connectivity index (χ0) is 22.6. The lowest BCUT2D eigenvalue weighted by atomic mass is 10.1. The van der Waals surface area contributed by atoms with Crippen molar-refractivity contribution in [3.05, 3.63) is 97.6 Å². The van der Waals surface area contributed by atoms with E-state index in [1.807, 2.05) is 61.2 Å². The number of hydrogen-bond donors (Lipinski definition) is 0. The minimum absolute atomic E-state index is 0.803. The number of benzene rings is 2. The number of aromatic nitrogens is 5. The van der Waals surface area contributed by atoms with Crippen LogP contribution in [-0.4, -0.2) is 31.2 Å². The Hall–Kier alpha value is -4.71. The third-order valence-corrected chi connectivity index (χ3v) is 6.39. The van der Waals surface area contributed by atoms with Crippen molar-refractivity contribution in [3.63, 3.8) is 0 Å². The molecule has 0 aliphatic carbocycles. The maximum Gasteiger partial charge on any atom is 0.147 e. The van der Waals surface area contributed by atoms with Crippen LogP contribution in [0.3, 0.4) is 0 Å². The predicted molar refractivity (Wildman–Crippen MR) is 135 cm³/mol. The van der Waals surface area contributed by atoms with Gasteiger partial charge in [-0.2, -0.15) is 0 Å². The summed E-state index contributed by atoms with van der Waals surface area (Å²) < 4.78 is 9.99. The van der Waals surface area contributed by atoms with Crippen LogP contribution in [0.5, 0.6) is 5.75 Å². The first-order chi connectivity index (χ1) is 16.8. The average Bonchev–Trinajstić information content (AvgIpc) is 3.42. The third kappa shape index (κ3) is 2.53.